The summed E-state index contributed by atoms with van der Waals surface area (Å²) >= 11 is 0. The van der Waals surface area contributed by atoms with Crippen LogP contribution in [0, 0.1) is 5.92 Å². The van der Waals surface area contributed by atoms with Gasteiger partial charge in [-0.3, -0.25) is 28.6 Å². The van der Waals surface area contributed by atoms with Crippen LogP contribution in [0.2, 0.25) is 0 Å². The van der Waals surface area contributed by atoms with Crippen molar-refractivity contribution in [3.8, 4) is 17.1 Å². The Bertz CT molecular complexity index is 1420. The lowest BCUT2D eigenvalue weighted by atomic mass is 9.90. The Labute approximate surface area is 310 Å². The molecule has 3 N–H and O–H groups in total. The first-order valence-corrected chi connectivity index (χ1v) is 18.6. The number of hydrogen-bond acceptors (Lipinski definition) is 14. The van der Waals surface area contributed by atoms with Gasteiger partial charge in [0.1, 0.15) is 11.5 Å². The number of hydroxylamine groups is 2. The fourth-order valence-corrected chi connectivity index (χ4v) is 6.00. The smallest absolute Gasteiger partial charge is 0.494 e. The van der Waals surface area contributed by atoms with Crippen molar-refractivity contribution in [1.29, 1.82) is 0 Å². The number of unbranched alkanes of at least 4 members (excludes halogenated alkanes) is 2. The molecular formula is C35H52N3O14P. The van der Waals surface area contributed by atoms with E-state index in [0.717, 1.165) is 19.3 Å². The molecule has 0 aliphatic carbocycles. The predicted octanol–water partition coefficient (Wildman–Crippen LogP) is 5.98. The maximum absolute atomic E-state index is 13.1. The minimum atomic E-state index is -2.08. The van der Waals surface area contributed by atoms with Gasteiger partial charge in [-0.1, -0.05) is 33.1 Å². The second kappa shape index (κ2) is 24.0. The molecule has 296 valence electrons. The molecule has 17 nitrogen and oxygen atoms in total. The van der Waals surface area contributed by atoms with Gasteiger partial charge in [0.15, 0.2) is 5.76 Å². The highest BCUT2D eigenvalue weighted by atomic mass is 31.2. The van der Waals surface area contributed by atoms with Gasteiger partial charge in [0.25, 0.3) is 5.91 Å². The van der Waals surface area contributed by atoms with Gasteiger partial charge in [-0.25, -0.2) is 14.7 Å². The molecule has 1 aromatic carbocycles. The third kappa shape index (κ3) is 16.0. The van der Waals surface area contributed by atoms with Crippen molar-refractivity contribution in [1.82, 2.24) is 15.7 Å². The summed E-state index contributed by atoms with van der Waals surface area (Å²) in [5.41, 5.74) is 0.461. The van der Waals surface area contributed by atoms with E-state index >= 15 is 0 Å². The van der Waals surface area contributed by atoms with Gasteiger partial charge >= 0.3 is 12.3 Å². The summed E-state index contributed by atoms with van der Waals surface area (Å²) in [5, 5.41) is 16.2. The summed E-state index contributed by atoms with van der Waals surface area (Å²) in [6.45, 7) is 11.2. The third-order valence-corrected chi connectivity index (χ3v) is 8.54. The van der Waals surface area contributed by atoms with Crippen LogP contribution in [0.25, 0.3) is 11.3 Å². The number of ether oxygens (including phenoxy) is 5. The largest absolute Gasteiger partial charge is 0.510 e. The summed E-state index contributed by atoms with van der Waals surface area (Å²) in [6, 6.07) is 7.23. The molecule has 0 radical (unpaired) electrons. The summed E-state index contributed by atoms with van der Waals surface area (Å²) in [4.78, 5) is 61.2. The lowest BCUT2D eigenvalue weighted by Crippen LogP contribution is -2.47. The highest BCUT2D eigenvalue weighted by Gasteiger charge is 2.31. The van der Waals surface area contributed by atoms with Gasteiger partial charge in [0, 0.05) is 10.9 Å². The van der Waals surface area contributed by atoms with Gasteiger partial charge in [-0.2, -0.15) is 0 Å². The van der Waals surface area contributed by atoms with Crippen molar-refractivity contribution in [2.45, 2.75) is 98.8 Å². The van der Waals surface area contributed by atoms with Gasteiger partial charge in [0.2, 0.25) is 34.3 Å². The first kappa shape index (κ1) is 44.7. The van der Waals surface area contributed by atoms with Crippen LogP contribution in [-0.2, 0) is 37.6 Å². The summed E-state index contributed by atoms with van der Waals surface area (Å²) in [5.74, 6) is -1.12. The predicted molar refractivity (Wildman–Crippen MR) is 191 cm³/mol. The molecule has 2 aromatic rings. The zero-order chi connectivity index (χ0) is 39.3. The molecule has 0 bridgehead atoms. The molecule has 0 aliphatic heterocycles. The lowest BCUT2D eigenvalue weighted by molar-refractivity contribution is -0.168. The van der Waals surface area contributed by atoms with Crippen LogP contribution in [-0.4, -0.2) is 85.9 Å². The molecule has 0 spiro atoms. The number of carbonyl (C=O) groups is 5. The van der Waals surface area contributed by atoms with Gasteiger partial charge in [0.05, 0.1) is 37.4 Å². The molecule has 2 atom stereocenters. The van der Waals surface area contributed by atoms with E-state index in [0.29, 0.717) is 41.1 Å². The fraction of sp³-hybridized carbons (Fsp3) is 0.571. The summed E-state index contributed by atoms with van der Waals surface area (Å²) in [7, 11) is -2.08. The zero-order valence-electron chi connectivity index (χ0n) is 31.3. The van der Waals surface area contributed by atoms with Crippen LogP contribution in [0.5, 0.6) is 5.75 Å². The van der Waals surface area contributed by atoms with E-state index in [1.807, 2.05) is 6.92 Å². The third-order valence-electron chi connectivity index (χ3n) is 7.18. The summed E-state index contributed by atoms with van der Waals surface area (Å²) < 4.78 is 43.0. The van der Waals surface area contributed by atoms with E-state index < -0.39 is 70.3 Å². The zero-order valence-corrected chi connectivity index (χ0v) is 32.2. The topological polar surface area (TPSA) is 211 Å². The van der Waals surface area contributed by atoms with E-state index in [1.54, 1.807) is 65.8 Å². The first-order chi connectivity index (χ1) is 25.3. The standard InChI is InChI=1S/C35H52N3O14P/c1-8-11-12-13-28(29(9-2)38(44)20-39)32(40)36-19-37-33(41)31-15-14-30(52-31)25-16-26(45-10-3)18-27(17-25)53(48-21-46-34(42)50-23(4)5)49-22-47-35(43)51-24(6)7/h14-18,20,23-24,28-29,44H,8-13,19,21-22H2,1-7H3,(H,36,40)(H,37,41). The molecule has 0 saturated carbocycles. The number of amides is 3. The minimum Gasteiger partial charge on any atom is -0.494 e. The minimum absolute atomic E-state index is 0.0603. The van der Waals surface area contributed by atoms with Crippen molar-refractivity contribution in [2.75, 3.05) is 26.9 Å². The molecule has 1 heterocycles. The number of rotatable bonds is 24. The van der Waals surface area contributed by atoms with Crippen LogP contribution in [0.3, 0.4) is 0 Å². The number of carbonyl (C=O) groups excluding carboxylic acids is 5. The molecule has 0 aliphatic rings. The Balaban J connectivity index is 2.23. The molecule has 18 heteroatoms. The number of nitrogens with one attached hydrogen (secondary N) is 2. The monoisotopic (exact) mass is 769 g/mol. The Morgan fingerprint density at radius 1 is 0.906 bits per heavy atom. The first-order valence-electron chi connectivity index (χ1n) is 17.4. The average Bonchev–Trinajstić information content (AvgIpc) is 3.61. The van der Waals surface area contributed by atoms with E-state index in [1.165, 1.54) is 6.07 Å². The van der Waals surface area contributed by atoms with Gasteiger partial charge in [-0.05, 0) is 77.8 Å². The Morgan fingerprint density at radius 2 is 1.55 bits per heavy atom. The number of nitrogens with zero attached hydrogens (tertiary/aromatic N) is 1. The SMILES string of the molecule is CCCCCC(C(=O)NCNC(=O)c1ccc(-c2cc(OCC)cc(P(OCOC(=O)OC(C)C)OCOC(=O)OC(C)C)c2)o1)C(CC)N(O)C=O. The van der Waals surface area contributed by atoms with Crippen molar-refractivity contribution in [3.63, 3.8) is 0 Å². The van der Waals surface area contributed by atoms with Crippen LogP contribution in [0.1, 0.15) is 91.1 Å². The van der Waals surface area contributed by atoms with E-state index in [2.05, 4.69) is 10.6 Å². The van der Waals surface area contributed by atoms with Crippen molar-refractivity contribution in [2.24, 2.45) is 5.92 Å². The molecule has 53 heavy (non-hydrogen) atoms. The molecule has 3 amide bonds. The lowest BCUT2D eigenvalue weighted by Gasteiger charge is -2.29. The molecule has 1 aromatic heterocycles. The molecule has 0 fully saturated rings. The second-order valence-electron chi connectivity index (χ2n) is 12.0. The number of furan rings is 1. The van der Waals surface area contributed by atoms with E-state index in [-0.39, 0.29) is 24.6 Å². The second-order valence-corrected chi connectivity index (χ2v) is 13.5. The van der Waals surface area contributed by atoms with Crippen LogP contribution >= 0.6 is 8.38 Å². The van der Waals surface area contributed by atoms with Crippen LogP contribution < -0.4 is 20.7 Å². The molecule has 0 saturated heterocycles. The Hall–Kier alpha value is -4.44. The fourth-order valence-electron chi connectivity index (χ4n) is 4.86. The molecular weight excluding hydrogens is 717 g/mol. The normalized spacial score (nSPS) is 12.2. The van der Waals surface area contributed by atoms with E-state index in [9.17, 15) is 29.2 Å². The Kier molecular flexibility index (Phi) is 20.2. The van der Waals surface area contributed by atoms with Crippen molar-refractivity contribution < 1.29 is 66.3 Å². The van der Waals surface area contributed by atoms with Crippen molar-refractivity contribution in [3.05, 3.63) is 36.1 Å². The number of benzene rings is 1. The van der Waals surface area contributed by atoms with Gasteiger partial charge < -0.3 is 38.7 Å². The highest BCUT2D eigenvalue weighted by Crippen LogP contribution is 2.40. The Morgan fingerprint density at radius 3 is 2.09 bits per heavy atom. The average molecular weight is 770 g/mol. The highest BCUT2D eigenvalue weighted by molar-refractivity contribution is 7.56. The van der Waals surface area contributed by atoms with Crippen LogP contribution in [0.4, 0.5) is 9.59 Å². The number of hydrogen-bond donors (Lipinski definition) is 3. The van der Waals surface area contributed by atoms with Crippen LogP contribution in [0.15, 0.2) is 34.7 Å². The molecule has 2 unspecified atom stereocenters. The summed E-state index contributed by atoms with van der Waals surface area (Å²) in [6.07, 6.45) is 0.884. The maximum Gasteiger partial charge on any atom is 0.510 e. The van der Waals surface area contributed by atoms with Gasteiger partial charge in [-0.15, -0.1) is 0 Å². The quantitative estimate of drug-likeness (QED) is 0.0213. The maximum atomic E-state index is 13.1. The van der Waals surface area contributed by atoms with E-state index in [4.69, 9.17) is 37.1 Å². The molecule has 2 rings (SSSR count). The van der Waals surface area contributed by atoms with Crippen molar-refractivity contribution >= 4 is 44.2 Å².